The zero-order valence-corrected chi connectivity index (χ0v) is 11.0. The number of hydrogen-bond donors (Lipinski definition) is 1. The monoisotopic (exact) mass is 252 g/mol. The topological polar surface area (TPSA) is 46.3 Å². The third-order valence-corrected chi connectivity index (χ3v) is 2.99. The standard InChI is InChI=1S/C14H21FN2O/c1-3-17(13-6-4-5-12(15)9-13)14(18)8-7-11(2)10-16/h4-6,9,11H,3,7-8,10,16H2,1-2H3. The van der Waals surface area contributed by atoms with Crippen LogP contribution in [0.2, 0.25) is 0 Å². The van der Waals surface area contributed by atoms with Gasteiger partial charge in [0.15, 0.2) is 0 Å². The van der Waals surface area contributed by atoms with Gasteiger partial charge in [0.2, 0.25) is 5.91 Å². The molecule has 0 saturated carbocycles. The Kier molecular flexibility index (Phi) is 5.78. The zero-order chi connectivity index (χ0) is 13.5. The van der Waals surface area contributed by atoms with Gasteiger partial charge in [0, 0.05) is 18.7 Å². The van der Waals surface area contributed by atoms with Crippen molar-refractivity contribution in [2.45, 2.75) is 26.7 Å². The third kappa shape index (κ3) is 4.11. The molecule has 0 spiro atoms. The number of benzene rings is 1. The molecular formula is C14H21FN2O. The molecule has 1 aromatic carbocycles. The summed E-state index contributed by atoms with van der Waals surface area (Å²) in [7, 11) is 0. The number of anilines is 1. The van der Waals surface area contributed by atoms with E-state index in [1.807, 2.05) is 13.8 Å². The normalized spacial score (nSPS) is 12.2. The van der Waals surface area contributed by atoms with Crippen LogP contribution in [0.5, 0.6) is 0 Å². The summed E-state index contributed by atoms with van der Waals surface area (Å²) in [5, 5.41) is 0. The maximum Gasteiger partial charge on any atom is 0.226 e. The van der Waals surface area contributed by atoms with Gasteiger partial charge in [0.25, 0.3) is 0 Å². The Balaban J connectivity index is 2.68. The van der Waals surface area contributed by atoms with Crippen molar-refractivity contribution in [1.29, 1.82) is 0 Å². The minimum atomic E-state index is -0.325. The summed E-state index contributed by atoms with van der Waals surface area (Å²) in [4.78, 5) is 13.7. The summed E-state index contributed by atoms with van der Waals surface area (Å²) in [6.07, 6.45) is 1.21. The molecule has 1 amide bonds. The molecule has 0 aliphatic carbocycles. The van der Waals surface area contributed by atoms with Gasteiger partial charge in [-0.25, -0.2) is 4.39 Å². The van der Waals surface area contributed by atoms with E-state index >= 15 is 0 Å². The molecule has 0 fully saturated rings. The van der Waals surface area contributed by atoms with Crippen molar-refractivity contribution in [1.82, 2.24) is 0 Å². The van der Waals surface area contributed by atoms with Crippen molar-refractivity contribution in [3.05, 3.63) is 30.1 Å². The highest BCUT2D eigenvalue weighted by Crippen LogP contribution is 2.17. The lowest BCUT2D eigenvalue weighted by Gasteiger charge is -2.21. The fourth-order valence-corrected chi connectivity index (χ4v) is 1.77. The molecule has 18 heavy (non-hydrogen) atoms. The van der Waals surface area contributed by atoms with Crippen LogP contribution in [0.3, 0.4) is 0 Å². The van der Waals surface area contributed by atoms with Gasteiger partial charge < -0.3 is 10.6 Å². The molecule has 3 nitrogen and oxygen atoms in total. The third-order valence-electron chi connectivity index (χ3n) is 2.99. The summed E-state index contributed by atoms with van der Waals surface area (Å²) < 4.78 is 13.1. The fraction of sp³-hybridized carbons (Fsp3) is 0.500. The summed E-state index contributed by atoms with van der Waals surface area (Å²) >= 11 is 0. The number of nitrogens with two attached hydrogens (primary N) is 1. The predicted molar refractivity (Wildman–Crippen MR) is 71.9 cm³/mol. The largest absolute Gasteiger partial charge is 0.330 e. The van der Waals surface area contributed by atoms with Gasteiger partial charge in [-0.1, -0.05) is 13.0 Å². The Bertz CT molecular complexity index is 395. The maximum absolute atomic E-state index is 13.1. The summed E-state index contributed by atoms with van der Waals surface area (Å²) in [6.45, 7) is 5.03. The zero-order valence-electron chi connectivity index (χ0n) is 11.0. The van der Waals surface area contributed by atoms with E-state index in [0.29, 0.717) is 31.1 Å². The molecule has 0 heterocycles. The van der Waals surface area contributed by atoms with E-state index in [1.165, 1.54) is 12.1 Å². The first kappa shape index (κ1) is 14.6. The Morgan fingerprint density at radius 3 is 2.78 bits per heavy atom. The number of hydrogen-bond acceptors (Lipinski definition) is 2. The van der Waals surface area contributed by atoms with Crippen LogP contribution in [0.25, 0.3) is 0 Å². The van der Waals surface area contributed by atoms with E-state index in [-0.39, 0.29) is 11.7 Å². The van der Waals surface area contributed by atoms with E-state index in [4.69, 9.17) is 5.73 Å². The summed E-state index contributed by atoms with van der Waals surface area (Å²) in [5.41, 5.74) is 6.14. The average Bonchev–Trinajstić information content (AvgIpc) is 2.37. The van der Waals surface area contributed by atoms with Crippen LogP contribution >= 0.6 is 0 Å². The molecule has 1 rings (SSSR count). The molecule has 0 aromatic heterocycles. The van der Waals surface area contributed by atoms with E-state index < -0.39 is 0 Å². The average molecular weight is 252 g/mol. The van der Waals surface area contributed by atoms with E-state index in [0.717, 1.165) is 6.42 Å². The van der Waals surface area contributed by atoms with Crippen molar-refractivity contribution in [2.75, 3.05) is 18.0 Å². The van der Waals surface area contributed by atoms with E-state index in [2.05, 4.69) is 0 Å². The smallest absolute Gasteiger partial charge is 0.226 e. The predicted octanol–water partition coefficient (Wildman–Crippen LogP) is 2.55. The molecule has 0 saturated heterocycles. The lowest BCUT2D eigenvalue weighted by atomic mass is 10.1. The van der Waals surface area contributed by atoms with Crippen LogP contribution in [0.15, 0.2) is 24.3 Å². The van der Waals surface area contributed by atoms with Crippen LogP contribution in [0, 0.1) is 11.7 Å². The Labute approximate surface area is 108 Å². The van der Waals surface area contributed by atoms with Crippen molar-refractivity contribution in [2.24, 2.45) is 11.7 Å². The number of nitrogens with zero attached hydrogens (tertiary/aromatic N) is 1. The molecule has 0 radical (unpaired) electrons. The second-order valence-corrected chi connectivity index (χ2v) is 4.50. The Morgan fingerprint density at radius 1 is 1.50 bits per heavy atom. The number of carbonyl (C=O) groups excluding carboxylic acids is 1. The lowest BCUT2D eigenvalue weighted by Crippen LogP contribution is -2.31. The minimum Gasteiger partial charge on any atom is -0.330 e. The Hall–Kier alpha value is -1.42. The molecule has 2 N–H and O–H groups in total. The molecule has 100 valence electrons. The SMILES string of the molecule is CCN(C(=O)CCC(C)CN)c1cccc(F)c1. The first-order valence-electron chi connectivity index (χ1n) is 6.34. The van der Waals surface area contributed by atoms with Crippen LogP contribution in [0.1, 0.15) is 26.7 Å². The van der Waals surface area contributed by atoms with Gasteiger partial charge in [-0.2, -0.15) is 0 Å². The van der Waals surface area contributed by atoms with Gasteiger partial charge in [0.1, 0.15) is 5.82 Å². The molecule has 1 unspecified atom stereocenters. The van der Waals surface area contributed by atoms with Gasteiger partial charge in [0.05, 0.1) is 0 Å². The van der Waals surface area contributed by atoms with Crippen LogP contribution in [-0.4, -0.2) is 19.0 Å². The molecule has 0 aliphatic heterocycles. The van der Waals surface area contributed by atoms with E-state index in [9.17, 15) is 9.18 Å². The quantitative estimate of drug-likeness (QED) is 0.845. The van der Waals surface area contributed by atoms with Gasteiger partial charge in [-0.05, 0) is 44.0 Å². The highest BCUT2D eigenvalue weighted by molar-refractivity contribution is 5.93. The molecule has 0 bridgehead atoms. The molecule has 0 aliphatic rings. The number of rotatable bonds is 6. The molecular weight excluding hydrogens is 231 g/mol. The first-order valence-corrected chi connectivity index (χ1v) is 6.34. The first-order chi connectivity index (χ1) is 8.58. The fourth-order valence-electron chi connectivity index (χ4n) is 1.77. The van der Waals surface area contributed by atoms with Gasteiger partial charge >= 0.3 is 0 Å². The van der Waals surface area contributed by atoms with Gasteiger partial charge in [-0.3, -0.25) is 4.79 Å². The van der Waals surface area contributed by atoms with Crippen LogP contribution in [-0.2, 0) is 4.79 Å². The molecule has 1 atom stereocenters. The second kappa shape index (κ2) is 7.11. The van der Waals surface area contributed by atoms with Crippen molar-refractivity contribution in [3.8, 4) is 0 Å². The van der Waals surface area contributed by atoms with Crippen molar-refractivity contribution in [3.63, 3.8) is 0 Å². The summed E-state index contributed by atoms with van der Waals surface area (Å²) in [6, 6.07) is 6.12. The Morgan fingerprint density at radius 2 is 2.22 bits per heavy atom. The van der Waals surface area contributed by atoms with Crippen molar-refractivity contribution >= 4 is 11.6 Å². The number of amides is 1. The lowest BCUT2D eigenvalue weighted by molar-refractivity contribution is -0.118. The molecule has 4 heteroatoms. The van der Waals surface area contributed by atoms with Gasteiger partial charge in [-0.15, -0.1) is 0 Å². The summed E-state index contributed by atoms with van der Waals surface area (Å²) in [5.74, 6) is 0.0256. The minimum absolute atomic E-state index is 0.0170. The molecule has 1 aromatic rings. The highest BCUT2D eigenvalue weighted by Gasteiger charge is 2.15. The second-order valence-electron chi connectivity index (χ2n) is 4.50. The number of halogens is 1. The number of carbonyl (C=O) groups is 1. The van der Waals surface area contributed by atoms with E-state index in [1.54, 1.807) is 17.0 Å². The van der Waals surface area contributed by atoms with Crippen LogP contribution in [0.4, 0.5) is 10.1 Å². The van der Waals surface area contributed by atoms with Crippen molar-refractivity contribution < 1.29 is 9.18 Å². The van der Waals surface area contributed by atoms with Crippen LogP contribution < -0.4 is 10.6 Å². The highest BCUT2D eigenvalue weighted by atomic mass is 19.1. The maximum atomic E-state index is 13.1.